The lowest BCUT2D eigenvalue weighted by Crippen LogP contribution is -2.36. The van der Waals surface area contributed by atoms with Crippen LogP contribution in [0.1, 0.15) is 19.3 Å². The fourth-order valence-electron chi connectivity index (χ4n) is 3.61. The Morgan fingerprint density at radius 1 is 0.900 bits per heavy atom. The molecule has 0 amide bonds. The van der Waals surface area contributed by atoms with Crippen molar-refractivity contribution in [2.75, 3.05) is 13.1 Å². The first-order valence-corrected chi connectivity index (χ1v) is 4.66. The van der Waals surface area contributed by atoms with Crippen LogP contribution in [0.15, 0.2) is 0 Å². The molecule has 1 unspecified atom stereocenters. The van der Waals surface area contributed by atoms with Gasteiger partial charge >= 0.3 is 0 Å². The summed E-state index contributed by atoms with van der Waals surface area (Å²) in [6.45, 7) is 2.67. The first-order chi connectivity index (χ1) is 4.95. The van der Waals surface area contributed by atoms with Gasteiger partial charge in [0.1, 0.15) is 0 Å². The molecule has 10 heavy (non-hydrogen) atoms. The van der Waals surface area contributed by atoms with Crippen LogP contribution in [-0.4, -0.2) is 13.1 Å². The van der Waals surface area contributed by atoms with E-state index in [2.05, 4.69) is 5.32 Å². The number of hydrogen-bond acceptors (Lipinski definition) is 1. The van der Waals surface area contributed by atoms with Crippen LogP contribution in [0, 0.1) is 23.7 Å². The molecule has 1 N–H and O–H groups in total. The minimum Gasteiger partial charge on any atom is -0.316 e. The average Bonchev–Trinajstić information content (AvgIpc) is 2.44. The van der Waals surface area contributed by atoms with Crippen LogP contribution in [0.4, 0.5) is 0 Å². The summed E-state index contributed by atoms with van der Waals surface area (Å²) in [6.07, 6.45) is 4.66. The van der Waals surface area contributed by atoms with Crippen molar-refractivity contribution < 1.29 is 0 Å². The van der Waals surface area contributed by atoms with Crippen LogP contribution in [-0.2, 0) is 0 Å². The molecular weight excluding hydrogens is 122 g/mol. The molecule has 4 atom stereocenters. The minimum atomic E-state index is 1.08. The van der Waals surface area contributed by atoms with Gasteiger partial charge in [0.05, 0.1) is 0 Å². The van der Waals surface area contributed by atoms with Crippen molar-refractivity contribution in [3.8, 4) is 0 Å². The second kappa shape index (κ2) is 1.76. The van der Waals surface area contributed by atoms with Crippen LogP contribution in [0.2, 0.25) is 0 Å². The van der Waals surface area contributed by atoms with Gasteiger partial charge in [0.15, 0.2) is 0 Å². The van der Waals surface area contributed by atoms with Gasteiger partial charge in [-0.05, 0) is 56.0 Å². The van der Waals surface area contributed by atoms with Gasteiger partial charge in [-0.25, -0.2) is 0 Å². The lowest BCUT2D eigenvalue weighted by molar-refractivity contribution is 0.257. The Hall–Kier alpha value is -0.0400. The van der Waals surface area contributed by atoms with Crippen molar-refractivity contribution in [1.29, 1.82) is 0 Å². The van der Waals surface area contributed by atoms with Crippen molar-refractivity contribution in [3.05, 3.63) is 0 Å². The summed E-state index contributed by atoms with van der Waals surface area (Å²) in [5.41, 5.74) is 0. The molecule has 3 fully saturated rings. The monoisotopic (exact) mass is 137 g/mol. The van der Waals surface area contributed by atoms with Gasteiger partial charge in [-0.2, -0.15) is 0 Å². The van der Waals surface area contributed by atoms with Gasteiger partial charge in [0.25, 0.3) is 0 Å². The third-order valence-electron chi connectivity index (χ3n) is 4.02. The molecule has 4 bridgehead atoms. The van der Waals surface area contributed by atoms with E-state index in [0.29, 0.717) is 0 Å². The molecule has 2 aliphatic carbocycles. The third-order valence-corrected chi connectivity index (χ3v) is 4.02. The molecule has 1 heteroatoms. The largest absolute Gasteiger partial charge is 0.316 e. The summed E-state index contributed by atoms with van der Waals surface area (Å²) in [5.74, 6) is 4.45. The van der Waals surface area contributed by atoms with E-state index in [4.69, 9.17) is 0 Å². The zero-order valence-electron chi connectivity index (χ0n) is 6.34. The highest BCUT2D eigenvalue weighted by Gasteiger charge is 2.49. The van der Waals surface area contributed by atoms with Crippen molar-refractivity contribution in [3.63, 3.8) is 0 Å². The molecule has 1 heterocycles. The first-order valence-electron chi connectivity index (χ1n) is 4.66. The van der Waals surface area contributed by atoms with Crippen LogP contribution in [0.5, 0.6) is 0 Å². The van der Waals surface area contributed by atoms with Gasteiger partial charge in [-0.3, -0.25) is 0 Å². The summed E-state index contributed by atoms with van der Waals surface area (Å²) < 4.78 is 0. The highest BCUT2D eigenvalue weighted by molar-refractivity contribution is 5.00. The summed E-state index contributed by atoms with van der Waals surface area (Å²) >= 11 is 0. The van der Waals surface area contributed by atoms with Crippen LogP contribution >= 0.6 is 0 Å². The zero-order chi connectivity index (χ0) is 6.55. The Kier molecular flexibility index (Phi) is 0.984. The maximum Gasteiger partial charge on any atom is -0.00150 e. The van der Waals surface area contributed by atoms with Crippen molar-refractivity contribution >= 4 is 0 Å². The molecule has 3 rings (SSSR count). The van der Waals surface area contributed by atoms with Gasteiger partial charge in [0, 0.05) is 0 Å². The number of piperidine rings is 1. The third kappa shape index (κ3) is 0.531. The van der Waals surface area contributed by atoms with E-state index in [0.717, 1.165) is 23.7 Å². The second-order valence-electron chi connectivity index (χ2n) is 4.32. The zero-order valence-corrected chi connectivity index (χ0v) is 6.34. The Bertz CT molecular complexity index is 151. The number of nitrogens with one attached hydrogen (secondary N) is 1. The Morgan fingerprint density at radius 3 is 2.70 bits per heavy atom. The smallest absolute Gasteiger partial charge is 0.00150 e. The topological polar surface area (TPSA) is 12.0 Å². The lowest BCUT2D eigenvalue weighted by atomic mass is 9.86. The van der Waals surface area contributed by atoms with E-state index in [1.807, 2.05) is 0 Å². The highest BCUT2D eigenvalue weighted by Crippen LogP contribution is 2.53. The maximum atomic E-state index is 3.55. The Labute approximate surface area is 62.2 Å². The van der Waals surface area contributed by atoms with Gasteiger partial charge < -0.3 is 5.32 Å². The van der Waals surface area contributed by atoms with Gasteiger partial charge in [0.2, 0.25) is 0 Å². The summed E-state index contributed by atoms with van der Waals surface area (Å²) in [6, 6.07) is 0. The lowest BCUT2D eigenvalue weighted by Gasteiger charge is -2.27. The molecule has 2 saturated carbocycles. The Balaban J connectivity index is 1.95. The summed E-state index contributed by atoms with van der Waals surface area (Å²) in [7, 11) is 0. The van der Waals surface area contributed by atoms with E-state index in [9.17, 15) is 0 Å². The maximum absolute atomic E-state index is 3.55. The molecule has 0 aromatic carbocycles. The van der Waals surface area contributed by atoms with Crippen LogP contribution in [0.25, 0.3) is 0 Å². The summed E-state index contributed by atoms with van der Waals surface area (Å²) in [5, 5.41) is 3.55. The van der Waals surface area contributed by atoms with E-state index < -0.39 is 0 Å². The Morgan fingerprint density at radius 2 is 1.90 bits per heavy atom. The first kappa shape index (κ1) is 5.59. The predicted octanol–water partition coefficient (Wildman–Crippen LogP) is 1.25. The normalized spacial score (nSPS) is 57.6. The van der Waals surface area contributed by atoms with E-state index >= 15 is 0 Å². The molecule has 1 aliphatic heterocycles. The number of rotatable bonds is 0. The molecule has 1 nitrogen and oxygen atoms in total. The standard InChI is InChI=1S/C9H15N/c1-2-8-7-3-6(1)9(8)5-10-4-7/h6-10H,1-5H2/t6-,7+,8?,9+/m0/s1. The van der Waals surface area contributed by atoms with E-state index in [1.54, 1.807) is 19.3 Å². The molecule has 0 aromatic heterocycles. The molecule has 0 aromatic rings. The van der Waals surface area contributed by atoms with Gasteiger partial charge in [-0.15, -0.1) is 0 Å². The quantitative estimate of drug-likeness (QED) is 0.530. The van der Waals surface area contributed by atoms with Crippen molar-refractivity contribution in [2.24, 2.45) is 23.7 Å². The van der Waals surface area contributed by atoms with Crippen LogP contribution < -0.4 is 5.32 Å². The van der Waals surface area contributed by atoms with Crippen LogP contribution in [0.3, 0.4) is 0 Å². The fourth-order valence-corrected chi connectivity index (χ4v) is 3.61. The highest BCUT2D eigenvalue weighted by atomic mass is 14.9. The SMILES string of the molecule is C1C[C@H]2C[C@@H]3CNC[C@H]2C13. The minimum absolute atomic E-state index is 1.08. The molecular formula is C9H15N. The molecule has 0 spiro atoms. The average molecular weight is 137 g/mol. The predicted molar refractivity (Wildman–Crippen MR) is 40.7 cm³/mol. The van der Waals surface area contributed by atoms with Crippen molar-refractivity contribution in [2.45, 2.75) is 19.3 Å². The fraction of sp³-hybridized carbons (Fsp3) is 1.00. The van der Waals surface area contributed by atoms with E-state index in [-0.39, 0.29) is 0 Å². The molecule has 1 saturated heterocycles. The molecule has 56 valence electrons. The number of hydrogen-bond donors (Lipinski definition) is 1. The second-order valence-corrected chi connectivity index (χ2v) is 4.32. The van der Waals surface area contributed by atoms with E-state index in [1.165, 1.54) is 13.1 Å². The summed E-state index contributed by atoms with van der Waals surface area (Å²) in [4.78, 5) is 0. The molecule has 0 radical (unpaired) electrons. The van der Waals surface area contributed by atoms with Gasteiger partial charge in [-0.1, -0.05) is 0 Å². The van der Waals surface area contributed by atoms with Crippen molar-refractivity contribution in [1.82, 2.24) is 5.32 Å². The molecule has 3 aliphatic rings.